The molecule has 0 spiro atoms. The lowest BCUT2D eigenvalue weighted by atomic mass is 9.71. The Kier molecular flexibility index (Phi) is 8.15. The van der Waals surface area contributed by atoms with Gasteiger partial charge in [0.1, 0.15) is 6.61 Å². The number of allylic oxidation sites excluding steroid dienone is 4. The molecule has 0 N–H and O–H groups in total. The predicted octanol–water partition coefficient (Wildman–Crippen LogP) is 7.79. The first-order valence-electron chi connectivity index (χ1n) is 13.6. The van der Waals surface area contributed by atoms with E-state index in [9.17, 15) is 9.59 Å². The Morgan fingerprint density at radius 3 is 2.11 bits per heavy atom. The quantitative estimate of drug-likeness (QED) is 0.333. The highest BCUT2D eigenvalue weighted by atomic mass is 35.5. The van der Waals surface area contributed by atoms with Crippen LogP contribution < -0.4 is 9.47 Å². The van der Waals surface area contributed by atoms with E-state index >= 15 is 0 Å². The second-order valence-electron chi connectivity index (χ2n) is 10.0. The van der Waals surface area contributed by atoms with E-state index < -0.39 is 0 Å². The molecule has 2 aliphatic carbocycles. The van der Waals surface area contributed by atoms with Gasteiger partial charge in [0.05, 0.1) is 16.7 Å². The molecule has 2 aromatic rings. The van der Waals surface area contributed by atoms with Crippen LogP contribution in [0.4, 0.5) is 0 Å². The van der Waals surface area contributed by atoms with Gasteiger partial charge in [-0.3, -0.25) is 9.59 Å². The molecular formula is C31H33Cl2NO4. The van der Waals surface area contributed by atoms with Crippen molar-refractivity contribution in [1.29, 1.82) is 0 Å². The number of ether oxygens (including phenoxy) is 2. The van der Waals surface area contributed by atoms with Crippen LogP contribution >= 0.6 is 23.2 Å². The summed E-state index contributed by atoms with van der Waals surface area (Å²) in [5.74, 6) is 1.13. The van der Waals surface area contributed by atoms with E-state index in [0.717, 1.165) is 72.3 Å². The second kappa shape index (κ2) is 11.5. The second-order valence-corrected chi connectivity index (χ2v) is 10.8. The van der Waals surface area contributed by atoms with Gasteiger partial charge in [-0.25, -0.2) is 0 Å². The summed E-state index contributed by atoms with van der Waals surface area (Å²) >= 11 is 12.2. The van der Waals surface area contributed by atoms with Crippen molar-refractivity contribution < 1.29 is 19.1 Å². The molecule has 3 aliphatic rings. The smallest absolute Gasteiger partial charge is 0.161 e. The molecule has 7 heteroatoms. The minimum Gasteiger partial charge on any atom is -0.490 e. The molecule has 0 atom stereocenters. The first-order chi connectivity index (χ1) is 18.4. The summed E-state index contributed by atoms with van der Waals surface area (Å²) in [6.07, 6.45) is 5.45. The Bertz CT molecular complexity index is 1290. The summed E-state index contributed by atoms with van der Waals surface area (Å²) in [6, 6.07) is 11.2. The van der Waals surface area contributed by atoms with Crippen LogP contribution in [0.3, 0.4) is 0 Å². The van der Waals surface area contributed by atoms with Crippen molar-refractivity contribution in [3.63, 3.8) is 0 Å². The number of halogens is 2. The highest BCUT2D eigenvalue weighted by Crippen LogP contribution is 2.50. The van der Waals surface area contributed by atoms with Crippen LogP contribution in [0.15, 0.2) is 58.9 Å². The summed E-state index contributed by atoms with van der Waals surface area (Å²) in [5.41, 5.74) is 5.60. The zero-order valence-corrected chi connectivity index (χ0v) is 23.5. The fraction of sp³-hybridized carbons (Fsp3) is 0.419. The van der Waals surface area contributed by atoms with Gasteiger partial charge < -0.3 is 14.4 Å². The first kappa shape index (κ1) is 26.8. The molecule has 1 aliphatic heterocycles. The van der Waals surface area contributed by atoms with E-state index in [2.05, 4.69) is 11.8 Å². The van der Waals surface area contributed by atoms with Crippen molar-refractivity contribution in [1.82, 2.24) is 4.90 Å². The maximum Gasteiger partial charge on any atom is 0.161 e. The minimum absolute atomic E-state index is 0.153. The topological polar surface area (TPSA) is 55.8 Å². The lowest BCUT2D eigenvalue weighted by Gasteiger charge is -2.44. The number of rotatable bonds is 8. The van der Waals surface area contributed by atoms with Gasteiger partial charge in [-0.1, -0.05) is 42.3 Å². The molecule has 38 heavy (non-hydrogen) atoms. The number of ketones is 2. The van der Waals surface area contributed by atoms with Gasteiger partial charge in [0.15, 0.2) is 23.1 Å². The fourth-order valence-corrected chi connectivity index (χ4v) is 6.25. The Hall–Kier alpha value is -2.76. The van der Waals surface area contributed by atoms with Crippen LogP contribution in [-0.4, -0.2) is 29.6 Å². The predicted molar refractivity (Wildman–Crippen MR) is 150 cm³/mol. The van der Waals surface area contributed by atoms with E-state index in [4.69, 9.17) is 32.7 Å². The maximum absolute atomic E-state index is 13.4. The molecule has 0 radical (unpaired) electrons. The fourth-order valence-electron chi connectivity index (χ4n) is 5.93. The van der Waals surface area contributed by atoms with E-state index in [0.29, 0.717) is 47.6 Å². The summed E-state index contributed by atoms with van der Waals surface area (Å²) < 4.78 is 12.1. The monoisotopic (exact) mass is 553 g/mol. The van der Waals surface area contributed by atoms with Crippen molar-refractivity contribution in [3.05, 3.63) is 80.1 Å². The largest absolute Gasteiger partial charge is 0.490 e. The molecule has 0 saturated heterocycles. The van der Waals surface area contributed by atoms with E-state index in [1.54, 1.807) is 12.1 Å². The highest BCUT2D eigenvalue weighted by molar-refractivity contribution is 6.42. The van der Waals surface area contributed by atoms with Crippen molar-refractivity contribution in [2.75, 3.05) is 13.2 Å². The number of nitrogens with zero attached hydrogens (tertiary/aromatic N) is 1. The lowest BCUT2D eigenvalue weighted by molar-refractivity contribution is -0.117. The highest BCUT2D eigenvalue weighted by Gasteiger charge is 2.43. The van der Waals surface area contributed by atoms with Gasteiger partial charge in [-0.15, -0.1) is 0 Å². The third-order valence-electron chi connectivity index (χ3n) is 7.51. The molecule has 0 saturated carbocycles. The van der Waals surface area contributed by atoms with Crippen LogP contribution in [0.2, 0.25) is 10.0 Å². The maximum atomic E-state index is 13.4. The average molecular weight is 555 g/mol. The summed E-state index contributed by atoms with van der Waals surface area (Å²) in [6.45, 7) is 5.66. The average Bonchev–Trinajstić information content (AvgIpc) is 2.91. The summed E-state index contributed by atoms with van der Waals surface area (Å²) in [5, 5.41) is 0.974. The Morgan fingerprint density at radius 1 is 0.816 bits per heavy atom. The zero-order valence-electron chi connectivity index (χ0n) is 21.9. The molecule has 2 aromatic carbocycles. The Balaban J connectivity index is 1.55. The van der Waals surface area contributed by atoms with Gasteiger partial charge >= 0.3 is 0 Å². The zero-order chi connectivity index (χ0) is 26.8. The number of Topliss-reactive ketones (excluding diaryl/α,β-unsaturated/α-hetero) is 2. The third kappa shape index (κ3) is 5.11. The van der Waals surface area contributed by atoms with Gasteiger partial charge in [-0.05, 0) is 74.4 Å². The Labute approximate surface area is 234 Å². The standard InChI is InChI=1S/C31H33Cl2NO4/c1-3-15-34-23-7-5-9-25(35)30(23)29(31-24(34)8-6-10-26(31)36)20-12-14-27(28(17-20)37-4-2)38-18-19-11-13-21(32)22(33)16-19/h11-14,16-17,29H,3-10,15,18H2,1-2H3. The van der Waals surface area contributed by atoms with Crippen LogP contribution in [0.5, 0.6) is 11.5 Å². The van der Waals surface area contributed by atoms with Crippen LogP contribution in [0, 0.1) is 0 Å². The molecule has 0 amide bonds. The molecule has 0 unspecified atom stereocenters. The van der Waals surface area contributed by atoms with Crippen molar-refractivity contribution >= 4 is 34.8 Å². The normalized spacial score (nSPS) is 18.1. The molecule has 0 bridgehead atoms. The van der Waals surface area contributed by atoms with Gasteiger partial charge in [0.2, 0.25) is 0 Å². The molecule has 1 heterocycles. The van der Waals surface area contributed by atoms with Crippen molar-refractivity contribution in [2.24, 2.45) is 0 Å². The molecular weight excluding hydrogens is 521 g/mol. The molecule has 0 fully saturated rings. The first-order valence-corrected chi connectivity index (χ1v) is 14.3. The van der Waals surface area contributed by atoms with Crippen molar-refractivity contribution in [2.45, 2.75) is 71.3 Å². The van der Waals surface area contributed by atoms with Gasteiger partial charge in [0, 0.05) is 47.8 Å². The van der Waals surface area contributed by atoms with E-state index in [1.807, 2.05) is 31.2 Å². The number of benzene rings is 2. The minimum atomic E-state index is -0.364. The third-order valence-corrected chi connectivity index (χ3v) is 8.25. The Morgan fingerprint density at radius 2 is 1.50 bits per heavy atom. The summed E-state index contributed by atoms with van der Waals surface area (Å²) in [4.78, 5) is 29.2. The number of carbonyl (C=O) groups excluding carboxylic acids is 2. The summed E-state index contributed by atoms with van der Waals surface area (Å²) in [7, 11) is 0. The van der Waals surface area contributed by atoms with Gasteiger partial charge in [-0.2, -0.15) is 0 Å². The van der Waals surface area contributed by atoms with Crippen LogP contribution in [-0.2, 0) is 16.2 Å². The molecule has 0 aromatic heterocycles. The van der Waals surface area contributed by atoms with Crippen LogP contribution in [0.25, 0.3) is 0 Å². The molecule has 5 nitrogen and oxygen atoms in total. The van der Waals surface area contributed by atoms with Crippen LogP contribution in [0.1, 0.15) is 75.8 Å². The van der Waals surface area contributed by atoms with E-state index in [1.165, 1.54) is 0 Å². The SMILES string of the molecule is CCCN1C2=C(C(=O)CCC2)C(c2ccc(OCc3ccc(Cl)c(Cl)c3)c(OCC)c2)C2=C1CCCC2=O. The number of hydrogen-bond donors (Lipinski definition) is 0. The lowest BCUT2D eigenvalue weighted by Crippen LogP contribution is -2.39. The van der Waals surface area contributed by atoms with Crippen molar-refractivity contribution in [3.8, 4) is 11.5 Å². The van der Waals surface area contributed by atoms with Gasteiger partial charge in [0.25, 0.3) is 0 Å². The van der Waals surface area contributed by atoms with E-state index in [-0.39, 0.29) is 17.5 Å². The molecule has 200 valence electrons. The number of carbonyl (C=O) groups is 2. The number of hydrogen-bond acceptors (Lipinski definition) is 5. The molecule has 5 rings (SSSR count).